The van der Waals surface area contributed by atoms with E-state index in [1.165, 1.54) is 30.5 Å². The third-order valence-electron chi connectivity index (χ3n) is 4.26. The van der Waals surface area contributed by atoms with Gasteiger partial charge in [0.05, 0.1) is 13.2 Å². The minimum atomic E-state index is 0.591. The Morgan fingerprint density at radius 1 is 1.16 bits per heavy atom. The summed E-state index contributed by atoms with van der Waals surface area (Å²) in [5.41, 5.74) is 2.90. The number of ether oxygens (including phenoxy) is 1. The molecule has 1 aromatic rings. The van der Waals surface area contributed by atoms with E-state index in [1.807, 2.05) is 0 Å². The Morgan fingerprint density at radius 2 is 1.95 bits per heavy atom. The highest BCUT2D eigenvalue weighted by Crippen LogP contribution is 2.23. The lowest BCUT2D eigenvalue weighted by Gasteiger charge is -2.26. The highest BCUT2D eigenvalue weighted by atomic mass is 16.5. The molecule has 2 aliphatic heterocycles. The van der Waals surface area contributed by atoms with Crippen molar-refractivity contribution < 1.29 is 4.74 Å². The Hall–Kier alpha value is -0.900. The van der Waals surface area contributed by atoms with E-state index in [0.29, 0.717) is 6.04 Å². The van der Waals surface area contributed by atoms with E-state index in [-0.39, 0.29) is 0 Å². The summed E-state index contributed by atoms with van der Waals surface area (Å²) in [5, 5.41) is 3.55. The van der Waals surface area contributed by atoms with E-state index < -0.39 is 0 Å². The summed E-state index contributed by atoms with van der Waals surface area (Å²) in [6, 6.07) is 9.80. The van der Waals surface area contributed by atoms with Gasteiger partial charge < -0.3 is 10.1 Å². The lowest BCUT2D eigenvalue weighted by molar-refractivity contribution is 0.0384. The molecular formula is C16H24N2O. The summed E-state index contributed by atoms with van der Waals surface area (Å²) in [7, 11) is 0. The van der Waals surface area contributed by atoms with Crippen LogP contribution in [0.25, 0.3) is 0 Å². The molecule has 3 heteroatoms. The quantitative estimate of drug-likeness (QED) is 0.896. The van der Waals surface area contributed by atoms with E-state index >= 15 is 0 Å². The molecule has 1 atom stereocenters. The predicted molar refractivity (Wildman–Crippen MR) is 77.4 cm³/mol. The molecule has 0 radical (unpaired) electrons. The summed E-state index contributed by atoms with van der Waals surface area (Å²) >= 11 is 0. The molecule has 3 rings (SSSR count). The van der Waals surface area contributed by atoms with Crippen molar-refractivity contribution in [2.45, 2.75) is 25.3 Å². The van der Waals surface area contributed by atoms with E-state index in [2.05, 4.69) is 34.5 Å². The zero-order valence-electron chi connectivity index (χ0n) is 11.6. The Morgan fingerprint density at radius 3 is 2.63 bits per heavy atom. The molecule has 2 saturated heterocycles. The summed E-state index contributed by atoms with van der Waals surface area (Å²) < 4.78 is 5.38. The molecule has 1 aromatic carbocycles. The van der Waals surface area contributed by atoms with Crippen molar-refractivity contribution in [2.24, 2.45) is 0 Å². The molecule has 1 N–H and O–H groups in total. The lowest BCUT2D eigenvalue weighted by atomic mass is 10.0. The molecular weight excluding hydrogens is 236 g/mol. The van der Waals surface area contributed by atoms with E-state index in [0.717, 1.165) is 39.3 Å². The van der Waals surface area contributed by atoms with Crippen LogP contribution in [0.2, 0.25) is 0 Å². The van der Waals surface area contributed by atoms with Gasteiger partial charge in [-0.1, -0.05) is 24.3 Å². The maximum atomic E-state index is 5.38. The van der Waals surface area contributed by atoms with Gasteiger partial charge in [-0.2, -0.15) is 0 Å². The first-order valence-corrected chi connectivity index (χ1v) is 7.54. The van der Waals surface area contributed by atoms with Gasteiger partial charge in [0.2, 0.25) is 0 Å². The van der Waals surface area contributed by atoms with E-state index in [9.17, 15) is 0 Å². The number of rotatable bonds is 4. The molecule has 0 aliphatic carbocycles. The minimum absolute atomic E-state index is 0.591. The Bertz CT molecular complexity index is 378. The van der Waals surface area contributed by atoms with Gasteiger partial charge in [-0.05, 0) is 36.9 Å². The maximum absolute atomic E-state index is 5.38. The molecule has 0 saturated carbocycles. The van der Waals surface area contributed by atoms with Gasteiger partial charge in [-0.15, -0.1) is 0 Å². The average molecular weight is 260 g/mol. The standard InChI is InChI=1S/C16H24N2O/c1-2-16(17-8-1)15-5-3-14(4-6-15)7-9-18-10-12-19-13-11-18/h3-6,16-17H,1-2,7-13H2. The fourth-order valence-electron chi connectivity index (χ4n) is 3.00. The maximum Gasteiger partial charge on any atom is 0.0594 e. The van der Waals surface area contributed by atoms with Crippen LogP contribution in [0.4, 0.5) is 0 Å². The molecule has 2 heterocycles. The van der Waals surface area contributed by atoms with Crippen LogP contribution < -0.4 is 5.32 Å². The zero-order valence-corrected chi connectivity index (χ0v) is 11.6. The second-order valence-electron chi connectivity index (χ2n) is 5.59. The topological polar surface area (TPSA) is 24.5 Å². The van der Waals surface area contributed by atoms with Gasteiger partial charge >= 0.3 is 0 Å². The van der Waals surface area contributed by atoms with Gasteiger partial charge in [-0.25, -0.2) is 0 Å². The van der Waals surface area contributed by atoms with Gasteiger partial charge in [0.1, 0.15) is 0 Å². The van der Waals surface area contributed by atoms with Crippen molar-refractivity contribution in [2.75, 3.05) is 39.4 Å². The molecule has 3 nitrogen and oxygen atoms in total. The number of nitrogens with one attached hydrogen (secondary N) is 1. The third kappa shape index (κ3) is 3.56. The van der Waals surface area contributed by atoms with Crippen LogP contribution in [0.15, 0.2) is 24.3 Å². The predicted octanol–water partition coefficient (Wildman–Crippen LogP) is 1.99. The summed E-state index contributed by atoms with van der Waals surface area (Å²) in [6.07, 6.45) is 3.74. The molecule has 0 bridgehead atoms. The van der Waals surface area contributed by atoms with Crippen LogP contribution >= 0.6 is 0 Å². The Labute approximate surface area is 115 Å². The molecule has 104 valence electrons. The molecule has 19 heavy (non-hydrogen) atoms. The second kappa shape index (κ2) is 6.51. The Balaban J connectivity index is 1.50. The van der Waals surface area contributed by atoms with E-state index in [1.54, 1.807) is 0 Å². The van der Waals surface area contributed by atoms with Crippen LogP contribution in [0, 0.1) is 0 Å². The van der Waals surface area contributed by atoms with E-state index in [4.69, 9.17) is 4.74 Å². The molecule has 0 amide bonds. The first kappa shape index (κ1) is 13.1. The molecule has 2 fully saturated rings. The summed E-state index contributed by atoms with van der Waals surface area (Å²) in [5.74, 6) is 0. The van der Waals surface area contributed by atoms with Crippen molar-refractivity contribution in [3.8, 4) is 0 Å². The third-order valence-corrected chi connectivity index (χ3v) is 4.26. The van der Waals surface area contributed by atoms with Crippen LogP contribution in [-0.2, 0) is 11.2 Å². The lowest BCUT2D eigenvalue weighted by Crippen LogP contribution is -2.37. The van der Waals surface area contributed by atoms with Gasteiger partial charge in [-0.3, -0.25) is 4.90 Å². The average Bonchev–Trinajstić information content (AvgIpc) is 3.01. The molecule has 1 unspecified atom stereocenters. The van der Waals surface area contributed by atoms with Gasteiger partial charge in [0, 0.05) is 25.7 Å². The second-order valence-corrected chi connectivity index (χ2v) is 5.59. The minimum Gasteiger partial charge on any atom is -0.379 e. The molecule has 2 aliphatic rings. The SMILES string of the molecule is c1cc(C2CCCN2)ccc1CCN1CCOCC1. The number of nitrogens with zero attached hydrogens (tertiary/aromatic N) is 1. The fourth-order valence-corrected chi connectivity index (χ4v) is 3.00. The van der Waals surface area contributed by atoms with Crippen LogP contribution in [0.5, 0.6) is 0 Å². The summed E-state index contributed by atoms with van der Waals surface area (Å²) in [6.45, 7) is 6.29. The van der Waals surface area contributed by atoms with Crippen molar-refractivity contribution in [1.29, 1.82) is 0 Å². The number of benzene rings is 1. The van der Waals surface area contributed by atoms with Crippen molar-refractivity contribution >= 4 is 0 Å². The van der Waals surface area contributed by atoms with Crippen LogP contribution in [-0.4, -0.2) is 44.3 Å². The molecule has 0 spiro atoms. The number of morpholine rings is 1. The highest BCUT2D eigenvalue weighted by Gasteiger charge is 2.15. The first-order valence-electron chi connectivity index (χ1n) is 7.54. The van der Waals surface area contributed by atoms with Crippen molar-refractivity contribution in [3.05, 3.63) is 35.4 Å². The van der Waals surface area contributed by atoms with Crippen molar-refractivity contribution in [3.63, 3.8) is 0 Å². The molecule has 0 aromatic heterocycles. The highest BCUT2D eigenvalue weighted by molar-refractivity contribution is 5.25. The monoisotopic (exact) mass is 260 g/mol. The van der Waals surface area contributed by atoms with Gasteiger partial charge in [0.25, 0.3) is 0 Å². The number of hydrogen-bond acceptors (Lipinski definition) is 3. The van der Waals surface area contributed by atoms with Gasteiger partial charge in [0.15, 0.2) is 0 Å². The first-order chi connectivity index (χ1) is 9.42. The Kier molecular flexibility index (Phi) is 4.49. The fraction of sp³-hybridized carbons (Fsp3) is 0.625. The van der Waals surface area contributed by atoms with Crippen LogP contribution in [0.3, 0.4) is 0 Å². The van der Waals surface area contributed by atoms with Crippen LogP contribution in [0.1, 0.15) is 30.0 Å². The van der Waals surface area contributed by atoms with Crippen molar-refractivity contribution in [1.82, 2.24) is 10.2 Å². The zero-order chi connectivity index (χ0) is 12.9. The largest absolute Gasteiger partial charge is 0.379 e. The number of hydrogen-bond donors (Lipinski definition) is 1. The normalized spacial score (nSPS) is 24.7. The summed E-state index contributed by atoms with van der Waals surface area (Å²) in [4.78, 5) is 2.50. The smallest absolute Gasteiger partial charge is 0.0594 e.